The number of hydrogen-bond acceptors (Lipinski definition) is 3. The smallest absolute Gasteiger partial charge is 0.308 e. The first kappa shape index (κ1) is 14.3. The molecule has 2 saturated heterocycles. The van der Waals surface area contributed by atoms with Crippen LogP contribution < -0.4 is 0 Å². The Morgan fingerprint density at radius 2 is 1.89 bits per heavy atom. The van der Waals surface area contributed by atoms with Gasteiger partial charge in [-0.3, -0.25) is 9.59 Å². The number of rotatable bonds is 2. The number of piperidine rings is 1. The Balaban J connectivity index is 2.05. The highest BCUT2D eigenvalue weighted by atomic mass is 16.5. The van der Waals surface area contributed by atoms with Crippen molar-refractivity contribution in [2.75, 3.05) is 13.1 Å². The molecule has 0 aliphatic carbocycles. The third-order valence-electron chi connectivity index (χ3n) is 4.61. The van der Waals surface area contributed by atoms with Gasteiger partial charge < -0.3 is 14.7 Å². The van der Waals surface area contributed by atoms with Crippen LogP contribution in [0.2, 0.25) is 0 Å². The Labute approximate surface area is 113 Å². The maximum atomic E-state index is 12.6. The van der Waals surface area contributed by atoms with Gasteiger partial charge in [-0.2, -0.15) is 0 Å². The molecule has 1 N–H and O–H groups in total. The van der Waals surface area contributed by atoms with Gasteiger partial charge in [0.1, 0.15) is 0 Å². The molecule has 2 aliphatic heterocycles. The van der Waals surface area contributed by atoms with Gasteiger partial charge in [-0.1, -0.05) is 6.92 Å². The molecule has 0 saturated carbocycles. The predicted octanol–water partition coefficient (Wildman–Crippen LogP) is 1.37. The molecule has 5 heteroatoms. The molecular weight excluding hydrogens is 246 g/mol. The highest BCUT2D eigenvalue weighted by molar-refractivity contribution is 5.81. The number of likely N-dealkylation sites (tertiary alicyclic amines) is 1. The van der Waals surface area contributed by atoms with Gasteiger partial charge in [0.2, 0.25) is 5.91 Å². The minimum atomic E-state index is -0.797. The lowest BCUT2D eigenvalue weighted by molar-refractivity contribution is -0.147. The van der Waals surface area contributed by atoms with Gasteiger partial charge in [-0.15, -0.1) is 0 Å². The average molecular weight is 269 g/mol. The fourth-order valence-corrected chi connectivity index (χ4v) is 3.28. The van der Waals surface area contributed by atoms with E-state index < -0.39 is 11.9 Å². The third-order valence-corrected chi connectivity index (χ3v) is 4.61. The molecule has 108 valence electrons. The van der Waals surface area contributed by atoms with E-state index in [4.69, 9.17) is 9.84 Å². The van der Waals surface area contributed by atoms with Gasteiger partial charge in [0.25, 0.3) is 0 Å². The van der Waals surface area contributed by atoms with Gasteiger partial charge >= 0.3 is 5.97 Å². The van der Waals surface area contributed by atoms with Gasteiger partial charge in [0.05, 0.1) is 24.0 Å². The van der Waals surface area contributed by atoms with Crippen LogP contribution in [0.1, 0.15) is 33.6 Å². The van der Waals surface area contributed by atoms with Crippen LogP contribution >= 0.6 is 0 Å². The van der Waals surface area contributed by atoms with E-state index in [-0.39, 0.29) is 30.0 Å². The summed E-state index contributed by atoms with van der Waals surface area (Å²) in [6.45, 7) is 6.98. The number of carbonyl (C=O) groups is 2. The molecular formula is C14H23NO4. The van der Waals surface area contributed by atoms with Gasteiger partial charge in [-0.05, 0) is 32.6 Å². The summed E-state index contributed by atoms with van der Waals surface area (Å²) in [5.41, 5.74) is 0. The molecule has 2 rings (SSSR count). The summed E-state index contributed by atoms with van der Waals surface area (Å²) >= 11 is 0. The van der Waals surface area contributed by atoms with Crippen molar-refractivity contribution in [2.45, 2.75) is 45.8 Å². The van der Waals surface area contributed by atoms with Crippen LogP contribution in [0.4, 0.5) is 0 Å². The van der Waals surface area contributed by atoms with Gasteiger partial charge in [0.15, 0.2) is 0 Å². The number of nitrogens with zero attached hydrogens (tertiary/aromatic N) is 1. The van der Waals surface area contributed by atoms with Crippen LogP contribution in [0.3, 0.4) is 0 Å². The minimum absolute atomic E-state index is 0.0651. The molecule has 19 heavy (non-hydrogen) atoms. The summed E-state index contributed by atoms with van der Waals surface area (Å²) in [5, 5.41) is 9.09. The number of amides is 1. The summed E-state index contributed by atoms with van der Waals surface area (Å²) in [6.07, 6.45) is 1.45. The minimum Gasteiger partial charge on any atom is -0.481 e. The summed E-state index contributed by atoms with van der Waals surface area (Å²) in [5.74, 6) is -1.09. The maximum Gasteiger partial charge on any atom is 0.308 e. The second-order valence-electron chi connectivity index (χ2n) is 5.89. The second kappa shape index (κ2) is 5.49. The third kappa shape index (κ3) is 2.76. The zero-order valence-corrected chi connectivity index (χ0v) is 11.8. The molecule has 2 fully saturated rings. The standard InChI is InChI=1S/C14H23NO4/c1-8-9(2)19-10(3)12(8)13(16)15-6-4-5-11(7-15)14(17)18/h8-12H,4-7H2,1-3H3,(H,17,18)/t8?,9?,10?,11-,12?/m0/s1. The van der Waals surface area contributed by atoms with Crippen LogP contribution in [0.25, 0.3) is 0 Å². The van der Waals surface area contributed by atoms with E-state index in [9.17, 15) is 9.59 Å². The lowest BCUT2D eigenvalue weighted by Crippen LogP contribution is -2.47. The van der Waals surface area contributed by atoms with Crippen molar-refractivity contribution in [2.24, 2.45) is 17.8 Å². The molecule has 0 radical (unpaired) electrons. The molecule has 5 atom stereocenters. The Morgan fingerprint density at radius 1 is 1.21 bits per heavy atom. The summed E-state index contributed by atoms with van der Waals surface area (Å²) in [6, 6.07) is 0. The molecule has 5 nitrogen and oxygen atoms in total. The summed E-state index contributed by atoms with van der Waals surface area (Å²) in [4.78, 5) is 25.4. The molecule has 0 aromatic heterocycles. The van der Waals surface area contributed by atoms with Crippen molar-refractivity contribution in [1.29, 1.82) is 0 Å². The normalized spacial score (nSPS) is 39.3. The van der Waals surface area contributed by atoms with E-state index in [0.29, 0.717) is 19.5 Å². The van der Waals surface area contributed by atoms with Crippen molar-refractivity contribution in [3.8, 4) is 0 Å². The molecule has 0 bridgehead atoms. The molecule has 0 aromatic carbocycles. The van der Waals surface area contributed by atoms with Gasteiger partial charge in [-0.25, -0.2) is 0 Å². The van der Waals surface area contributed by atoms with E-state index in [1.807, 2.05) is 20.8 Å². The van der Waals surface area contributed by atoms with Crippen LogP contribution in [0, 0.1) is 17.8 Å². The number of carboxylic acids is 1. The SMILES string of the molecule is CC1OC(C)C(C(=O)N2CCC[C@H](C(=O)O)C2)C1C. The predicted molar refractivity (Wildman–Crippen MR) is 69.6 cm³/mol. The molecule has 2 aliphatic rings. The van der Waals surface area contributed by atoms with E-state index >= 15 is 0 Å². The quantitative estimate of drug-likeness (QED) is 0.822. The van der Waals surface area contributed by atoms with Crippen molar-refractivity contribution in [1.82, 2.24) is 4.90 Å². The van der Waals surface area contributed by atoms with Crippen LogP contribution in [-0.4, -0.2) is 47.2 Å². The number of hydrogen-bond donors (Lipinski definition) is 1. The molecule has 2 heterocycles. The lowest BCUT2D eigenvalue weighted by atomic mass is 9.87. The number of carboxylic acid groups (broad SMARTS) is 1. The largest absolute Gasteiger partial charge is 0.481 e. The van der Waals surface area contributed by atoms with Crippen molar-refractivity contribution in [3.05, 3.63) is 0 Å². The molecule has 0 spiro atoms. The fourth-order valence-electron chi connectivity index (χ4n) is 3.28. The maximum absolute atomic E-state index is 12.6. The van der Waals surface area contributed by atoms with Crippen molar-refractivity contribution in [3.63, 3.8) is 0 Å². The number of aliphatic carboxylic acids is 1. The summed E-state index contributed by atoms with van der Waals surface area (Å²) in [7, 11) is 0. The van der Waals surface area contributed by atoms with E-state index in [0.717, 1.165) is 6.42 Å². The van der Waals surface area contributed by atoms with Crippen molar-refractivity contribution < 1.29 is 19.4 Å². The van der Waals surface area contributed by atoms with E-state index in [1.165, 1.54) is 0 Å². The first-order chi connectivity index (χ1) is 8.91. The Bertz CT molecular complexity index is 370. The molecule has 0 aromatic rings. The topological polar surface area (TPSA) is 66.8 Å². The number of carbonyl (C=O) groups excluding carboxylic acids is 1. The first-order valence-corrected chi connectivity index (χ1v) is 7.09. The monoisotopic (exact) mass is 269 g/mol. The Hall–Kier alpha value is -1.10. The average Bonchev–Trinajstić information content (AvgIpc) is 2.62. The lowest BCUT2D eigenvalue weighted by Gasteiger charge is -2.34. The first-order valence-electron chi connectivity index (χ1n) is 7.09. The second-order valence-corrected chi connectivity index (χ2v) is 5.89. The summed E-state index contributed by atoms with van der Waals surface area (Å²) < 4.78 is 5.71. The number of ether oxygens (including phenoxy) is 1. The van der Waals surface area contributed by atoms with Crippen LogP contribution in [-0.2, 0) is 14.3 Å². The van der Waals surface area contributed by atoms with Crippen LogP contribution in [0.5, 0.6) is 0 Å². The van der Waals surface area contributed by atoms with E-state index in [2.05, 4.69) is 0 Å². The molecule has 1 amide bonds. The van der Waals surface area contributed by atoms with Gasteiger partial charge in [0, 0.05) is 13.1 Å². The highest BCUT2D eigenvalue weighted by Crippen LogP contribution is 2.34. The van der Waals surface area contributed by atoms with Crippen LogP contribution in [0.15, 0.2) is 0 Å². The zero-order valence-electron chi connectivity index (χ0n) is 11.8. The Morgan fingerprint density at radius 3 is 2.42 bits per heavy atom. The Kier molecular flexibility index (Phi) is 4.13. The molecule has 4 unspecified atom stereocenters. The van der Waals surface area contributed by atoms with Crippen molar-refractivity contribution >= 4 is 11.9 Å². The zero-order chi connectivity index (χ0) is 14.2. The fraction of sp³-hybridized carbons (Fsp3) is 0.857. The van der Waals surface area contributed by atoms with E-state index in [1.54, 1.807) is 4.90 Å². The highest BCUT2D eigenvalue weighted by Gasteiger charge is 2.44.